The monoisotopic (exact) mass is 549 g/mol. The smallest absolute Gasteiger partial charge is 0.326 e. The van der Waals surface area contributed by atoms with E-state index in [2.05, 4.69) is 33.6 Å². The van der Waals surface area contributed by atoms with E-state index in [9.17, 15) is 29.1 Å². The number of rotatable bonds is 15. The maximum absolute atomic E-state index is 13.0. The summed E-state index contributed by atoms with van der Waals surface area (Å²) in [4.78, 5) is 64.3. The second kappa shape index (κ2) is 14.4. The van der Waals surface area contributed by atoms with E-state index >= 15 is 0 Å². The zero-order valence-corrected chi connectivity index (χ0v) is 22.2. The van der Waals surface area contributed by atoms with Gasteiger partial charge in [0.2, 0.25) is 17.7 Å². The normalized spacial score (nSPS) is 15.1. The number of aromatic nitrogens is 1. The molecule has 0 aliphatic rings. The van der Waals surface area contributed by atoms with E-state index in [1.807, 2.05) is 24.3 Å². The first-order valence-electron chi connectivity index (χ1n) is 12.3. The number of aliphatic carboxylic acids is 2. The van der Waals surface area contributed by atoms with Crippen molar-refractivity contribution in [3.8, 4) is 0 Å². The van der Waals surface area contributed by atoms with Crippen molar-refractivity contribution in [2.24, 2.45) is 11.7 Å². The van der Waals surface area contributed by atoms with Gasteiger partial charge in [-0.15, -0.1) is 0 Å². The lowest BCUT2D eigenvalue weighted by molar-refractivity contribution is -0.143. The third-order valence-electron chi connectivity index (χ3n) is 6.32. The highest BCUT2D eigenvalue weighted by Gasteiger charge is 2.31. The predicted molar refractivity (Wildman–Crippen MR) is 144 cm³/mol. The molecule has 0 aliphatic heterocycles. The van der Waals surface area contributed by atoms with Crippen molar-refractivity contribution in [2.75, 3.05) is 5.75 Å². The summed E-state index contributed by atoms with van der Waals surface area (Å²) in [5.74, 6) is -5.17. The Morgan fingerprint density at radius 1 is 1.00 bits per heavy atom. The van der Waals surface area contributed by atoms with Crippen LogP contribution in [0.5, 0.6) is 0 Å². The number of H-pyrrole nitrogens is 1. The Hall–Kier alpha value is -3.58. The molecule has 0 saturated heterocycles. The molecular formula is C25H35N5O7S. The predicted octanol–water partition coefficient (Wildman–Crippen LogP) is 0.417. The van der Waals surface area contributed by atoms with Gasteiger partial charge in [0.15, 0.2) is 0 Å². The summed E-state index contributed by atoms with van der Waals surface area (Å²) in [6.07, 6.45) is 1.72. The molecule has 2 aromatic rings. The quantitative estimate of drug-likeness (QED) is 0.146. The Morgan fingerprint density at radius 2 is 1.63 bits per heavy atom. The van der Waals surface area contributed by atoms with Crippen LogP contribution in [0.3, 0.4) is 0 Å². The molecule has 0 fully saturated rings. The van der Waals surface area contributed by atoms with Crippen LogP contribution in [0, 0.1) is 5.92 Å². The molecule has 5 unspecified atom stereocenters. The molecule has 208 valence electrons. The van der Waals surface area contributed by atoms with Gasteiger partial charge < -0.3 is 36.9 Å². The number of aromatic amines is 1. The van der Waals surface area contributed by atoms with E-state index in [1.165, 1.54) is 0 Å². The van der Waals surface area contributed by atoms with Crippen molar-refractivity contribution in [3.63, 3.8) is 0 Å². The Bertz CT molecular complexity index is 1150. The van der Waals surface area contributed by atoms with Gasteiger partial charge in [-0.3, -0.25) is 19.2 Å². The number of thiol groups is 1. The summed E-state index contributed by atoms with van der Waals surface area (Å²) < 4.78 is 0. The number of carboxylic acid groups (broad SMARTS) is 2. The van der Waals surface area contributed by atoms with Crippen molar-refractivity contribution in [1.29, 1.82) is 0 Å². The summed E-state index contributed by atoms with van der Waals surface area (Å²) in [6, 6.07) is 2.76. The molecule has 0 radical (unpaired) electrons. The highest BCUT2D eigenvalue weighted by Crippen LogP contribution is 2.19. The number of amides is 3. The molecule has 8 N–H and O–H groups in total. The maximum Gasteiger partial charge on any atom is 0.326 e. The first kappa shape index (κ1) is 30.6. The molecule has 1 heterocycles. The minimum absolute atomic E-state index is 0.163. The first-order valence-corrected chi connectivity index (χ1v) is 12.9. The molecule has 38 heavy (non-hydrogen) atoms. The van der Waals surface area contributed by atoms with Gasteiger partial charge in [0.25, 0.3) is 0 Å². The van der Waals surface area contributed by atoms with Gasteiger partial charge in [-0.25, -0.2) is 4.79 Å². The summed E-state index contributed by atoms with van der Waals surface area (Å²) in [5, 5.41) is 26.8. The Morgan fingerprint density at radius 3 is 2.24 bits per heavy atom. The number of nitrogens with two attached hydrogens (primary N) is 1. The molecule has 0 spiro atoms. The Kier molecular flexibility index (Phi) is 11.6. The molecule has 13 heteroatoms. The van der Waals surface area contributed by atoms with Crippen LogP contribution >= 0.6 is 12.6 Å². The number of benzene rings is 1. The van der Waals surface area contributed by atoms with Gasteiger partial charge in [0.05, 0.1) is 6.04 Å². The van der Waals surface area contributed by atoms with Crippen LogP contribution in [-0.2, 0) is 30.4 Å². The van der Waals surface area contributed by atoms with E-state index in [4.69, 9.17) is 10.8 Å². The second-order valence-electron chi connectivity index (χ2n) is 9.12. The molecule has 0 aliphatic carbocycles. The van der Waals surface area contributed by atoms with Gasteiger partial charge in [-0.2, -0.15) is 12.6 Å². The number of hydrogen-bond acceptors (Lipinski definition) is 7. The summed E-state index contributed by atoms with van der Waals surface area (Å²) >= 11 is 4.09. The van der Waals surface area contributed by atoms with E-state index < -0.39 is 60.2 Å². The number of nitrogens with one attached hydrogen (secondary N) is 4. The van der Waals surface area contributed by atoms with Crippen molar-refractivity contribution in [2.45, 2.75) is 63.7 Å². The summed E-state index contributed by atoms with van der Waals surface area (Å²) in [7, 11) is 0. The SMILES string of the molecule is CCC(C)C(NC(=O)C(CS)NC(=O)C(CCC(=O)O)NC(=O)C(N)Cc1c[nH]c2ccccc12)C(=O)O. The molecule has 1 aromatic heterocycles. The van der Waals surface area contributed by atoms with Gasteiger partial charge in [0.1, 0.15) is 18.1 Å². The standard InChI is InChI=1S/C25H35N5O7S/c1-3-13(2)21(25(36)37)30-24(35)19(12-38)29-23(34)18(8-9-20(31)32)28-22(33)16(26)10-14-11-27-17-7-5-4-6-15(14)17/h4-7,11,13,16,18-19,21,27,38H,3,8-10,12,26H2,1-2H3,(H,28,33)(H,29,34)(H,30,35)(H,31,32)(H,36,37). The lowest BCUT2D eigenvalue weighted by Gasteiger charge is -2.25. The number of para-hydroxylation sites is 1. The van der Waals surface area contributed by atoms with Crippen LogP contribution in [0.15, 0.2) is 30.5 Å². The average molecular weight is 550 g/mol. The van der Waals surface area contributed by atoms with Crippen LogP contribution in [0.1, 0.15) is 38.7 Å². The highest BCUT2D eigenvalue weighted by atomic mass is 32.1. The summed E-state index contributed by atoms with van der Waals surface area (Å²) in [6.45, 7) is 3.45. The molecule has 5 atom stereocenters. The highest BCUT2D eigenvalue weighted by molar-refractivity contribution is 7.80. The Labute approximate surface area is 225 Å². The average Bonchev–Trinajstić information content (AvgIpc) is 3.29. The third kappa shape index (κ3) is 8.48. The van der Waals surface area contributed by atoms with E-state index in [1.54, 1.807) is 20.0 Å². The third-order valence-corrected chi connectivity index (χ3v) is 6.69. The molecule has 0 bridgehead atoms. The van der Waals surface area contributed by atoms with Crippen LogP contribution in [0.2, 0.25) is 0 Å². The van der Waals surface area contributed by atoms with E-state index in [0.717, 1.165) is 16.5 Å². The van der Waals surface area contributed by atoms with Crippen LogP contribution in [0.25, 0.3) is 10.9 Å². The van der Waals surface area contributed by atoms with Crippen LogP contribution in [-0.4, -0.2) is 74.8 Å². The largest absolute Gasteiger partial charge is 0.481 e. The first-order chi connectivity index (χ1) is 18.0. The molecule has 2 rings (SSSR count). The molecule has 0 saturated carbocycles. The fourth-order valence-electron chi connectivity index (χ4n) is 3.85. The lowest BCUT2D eigenvalue weighted by atomic mass is 9.99. The number of fused-ring (bicyclic) bond motifs is 1. The zero-order valence-electron chi connectivity index (χ0n) is 21.3. The second-order valence-corrected chi connectivity index (χ2v) is 9.48. The Balaban J connectivity index is 2.10. The lowest BCUT2D eigenvalue weighted by Crippen LogP contribution is -2.58. The molecule has 3 amide bonds. The van der Waals surface area contributed by atoms with Gasteiger partial charge in [-0.05, 0) is 30.4 Å². The summed E-state index contributed by atoms with van der Waals surface area (Å²) in [5.41, 5.74) is 7.78. The van der Waals surface area contributed by atoms with Crippen molar-refractivity contribution in [3.05, 3.63) is 36.0 Å². The van der Waals surface area contributed by atoms with E-state index in [-0.39, 0.29) is 24.5 Å². The fraction of sp³-hybridized carbons (Fsp3) is 0.480. The molecule has 12 nitrogen and oxygen atoms in total. The number of carbonyl (C=O) groups is 5. The number of carboxylic acids is 2. The number of hydrogen-bond donors (Lipinski definition) is 8. The minimum Gasteiger partial charge on any atom is -0.481 e. The van der Waals surface area contributed by atoms with Crippen molar-refractivity contribution in [1.82, 2.24) is 20.9 Å². The minimum atomic E-state index is -1.30. The van der Waals surface area contributed by atoms with Crippen LogP contribution < -0.4 is 21.7 Å². The fourth-order valence-corrected chi connectivity index (χ4v) is 4.11. The van der Waals surface area contributed by atoms with Gasteiger partial charge in [0, 0.05) is 29.3 Å². The van der Waals surface area contributed by atoms with Gasteiger partial charge >= 0.3 is 11.9 Å². The number of carbonyl (C=O) groups excluding carboxylic acids is 3. The van der Waals surface area contributed by atoms with Crippen molar-refractivity contribution < 1.29 is 34.2 Å². The topological polar surface area (TPSA) is 204 Å². The van der Waals surface area contributed by atoms with E-state index in [0.29, 0.717) is 6.42 Å². The maximum atomic E-state index is 13.0. The van der Waals surface area contributed by atoms with Crippen molar-refractivity contribution >= 4 is 53.2 Å². The molecular weight excluding hydrogens is 514 g/mol. The van der Waals surface area contributed by atoms with Gasteiger partial charge in [-0.1, -0.05) is 38.5 Å². The zero-order chi connectivity index (χ0) is 28.4. The van der Waals surface area contributed by atoms with Crippen LogP contribution in [0.4, 0.5) is 0 Å². The molecule has 1 aromatic carbocycles.